The highest BCUT2D eigenvalue weighted by atomic mass is 19.4. The highest BCUT2D eigenvalue weighted by Crippen LogP contribution is 2.30. The standard InChI is InChI=1S/C14H9F4NO/c15-12-4-3-10(14(16,17)18)7-11(12)13(20)6-9-2-1-5-19-8-9/h1-5,7-8H,6H2. The van der Waals surface area contributed by atoms with Gasteiger partial charge in [-0.25, -0.2) is 4.39 Å². The van der Waals surface area contributed by atoms with E-state index >= 15 is 0 Å². The topological polar surface area (TPSA) is 30.0 Å². The largest absolute Gasteiger partial charge is 0.416 e. The first-order valence-electron chi connectivity index (χ1n) is 5.67. The zero-order valence-corrected chi connectivity index (χ0v) is 10.1. The Morgan fingerprint density at radius 2 is 1.95 bits per heavy atom. The lowest BCUT2D eigenvalue weighted by molar-refractivity contribution is -0.137. The molecule has 104 valence electrons. The first kappa shape index (κ1) is 14.2. The van der Waals surface area contributed by atoms with Crippen molar-refractivity contribution < 1.29 is 22.4 Å². The molecule has 2 rings (SSSR count). The molecule has 0 bridgehead atoms. The fraction of sp³-hybridized carbons (Fsp3) is 0.143. The van der Waals surface area contributed by atoms with Gasteiger partial charge in [-0.3, -0.25) is 9.78 Å². The monoisotopic (exact) mass is 283 g/mol. The van der Waals surface area contributed by atoms with E-state index in [1.807, 2.05) is 0 Å². The van der Waals surface area contributed by atoms with Crippen molar-refractivity contribution in [1.82, 2.24) is 4.98 Å². The van der Waals surface area contributed by atoms with E-state index in [1.54, 1.807) is 12.1 Å². The maximum absolute atomic E-state index is 13.5. The number of Topliss-reactive ketones (excluding diaryl/α,β-unsaturated/α-hetero) is 1. The van der Waals surface area contributed by atoms with Crippen molar-refractivity contribution in [2.45, 2.75) is 12.6 Å². The van der Waals surface area contributed by atoms with Crippen LogP contribution in [0.15, 0.2) is 42.7 Å². The Balaban J connectivity index is 2.30. The summed E-state index contributed by atoms with van der Waals surface area (Å²) < 4.78 is 51.1. The summed E-state index contributed by atoms with van der Waals surface area (Å²) in [5.74, 6) is -1.69. The molecule has 1 heterocycles. The van der Waals surface area contributed by atoms with Crippen LogP contribution in [0.3, 0.4) is 0 Å². The minimum atomic E-state index is -4.61. The number of halogens is 4. The molecule has 2 nitrogen and oxygen atoms in total. The van der Waals surface area contributed by atoms with E-state index in [0.717, 1.165) is 0 Å². The number of carbonyl (C=O) groups is 1. The smallest absolute Gasteiger partial charge is 0.294 e. The lowest BCUT2D eigenvalue weighted by atomic mass is 10.0. The third kappa shape index (κ3) is 3.20. The molecule has 0 amide bonds. The van der Waals surface area contributed by atoms with Gasteiger partial charge in [0, 0.05) is 18.8 Å². The number of aromatic nitrogens is 1. The van der Waals surface area contributed by atoms with Crippen LogP contribution >= 0.6 is 0 Å². The molecule has 0 aliphatic heterocycles. The van der Waals surface area contributed by atoms with Crippen molar-refractivity contribution in [3.8, 4) is 0 Å². The summed E-state index contributed by atoms with van der Waals surface area (Å²) in [5, 5.41) is 0. The van der Waals surface area contributed by atoms with Gasteiger partial charge in [0.05, 0.1) is 11.1 Å². The van der Waals surface area contributed by atoms with Crippen LogP contribution in [0.2, 0.25) is 0 Å². The molecule has 20 heavy (non-hydrogen) atoms. The fourth-order valence-electron chi connectivity index (χ4n) is 1.70. The summed E-state index contributed by atoms with van der Waals surface area (Å²) in [6, 6.07) is 4.98. The van der Waals surface area contributed by atoms with Crippen LogP contribution in [0, 0.1) is 5.82 Å². The van der Waals surface area contributed by atoms with Crippen molar-refractivity contribution >= 4 is 5.78 Å². The Hall–Kier alpha value is -2.24. The Labute approximate surface area is 112 Å². The van der Waals surface area contributed by atoms with Gasteiger partial charge in [0.2, 0.25) is 0 Å². The van der Waals surface area contributed by atoms with E-state index < -0.39 is 28.9 Å². The molecule has 0 saturated carbocycles. The molecule has 0 atom stereocenters. The maximum Gasteiger partial charge on any atom is 0.416 e. The Morgan fingerprint density at radius 3 is 2.55 bits per heavy atom. The van der Waals surface area contributed by atoms with E-state index in [9.17, 15) is 22.4 Å². The van der Waals surface area contributed by atoms with E-state index in [0.29, 0.717) is 23.8 Å². The predicted octanol–water partition coefficient (Wildman–Crippen LogP) is 3.66. The van der Waals surface area contributed by atoms with Crippen LogP contribution in [-0.4, -0.2) is 10.8 Å². The van der Waals surface area contributed by atoms with Gasteiger partial charge in [-0.2, -0.15) is 13.2 Å². The Morgan fingerprint density at radius 1 is 1.20 bits per heavy atom. The van der Waals surface area contributed by atoms with Crippen LogP contribution in [-0.2, 0) is 12.6 Å². The Kier molecular flexibility index (Phi) is 3.83. The minimum absolute atomic E-state index is 0.202. The van der Waals surface area contributed by atoms with Crippen molar-refractivity contribution in [2.75, 3.05) is 0 Å². The number of rotatable bonds is 3. The number of alkyl halides is 3. The molecule has 0 aliphatic carbocycles. The third-order valence-corrected chi connectivity index (χ3v) is 2.68. The molecule has 1 aromatic heterocycles. The molecule has 2 aromatic rings. The molecule has 1 aromatic carbocycles. The SMILES string of the molecule is O=C(Cc1cccnc1)c1cc(C(F)(F)F)ccc1F. The summed E-state index contributed by atoms with van der Waals surface area (Å²) in [6.07, 6.45) is -1.91. The number of hydrogen-bond donors (Lipinski definition) is 0. The predicted molar refractivity (Wildman–Crippen MR) is 63.7 cm³/mol. The second-order valence-corrected chi connectivity index (χ2v) is 4.15. The van der Waals surface area contributed by atoms with Gasteiger partial charge in [0.15, 0.2) is 5.78 Å². The molecular formula is C14H9F4NO. The molecule has 0 aliphatic rings. The van der Waals surface area contributed by atoms with E-state index in [2.05, 4.69) is 4.98 Å². The highest BCUT2D eigenvalue weighted by molar-refractivity contribution is 5.97. The van der Waals surface area contributed by atoms with E-state index in [4.69, 9.17) is 0 Å². The van der Waals surface area contributed by atoms with Crippen molar-refractivity contribution in [3.63, 3.8) is 0 Å². The fourth-order valence-corrected chi connectivity index (χ4v) is 1.70. The van der Waals surface area contributed by atoms with Crippen molar-refractivity contribution in [1.29, 1.82) is 0 Å². The second-order valence-electron chi connectivity index (χ2n) is 4.15. The quantitative estimate of drug-likeness (QED) is 0.635. The molecule has 6 heteroatoms. The average Bonchev–Trinajstić information content (AvgIpc) is 2.39. The van der Waals surface area contributed by atoms with Gasteiger partial charge in [0.1, 0.15) is 5.82 Å². The molecule has 0 N–H and O–H groups in total. The number of nitrogens with zero attached hydrogens (tertiary/aromatic N) is 1. The normalized spacial score (nSPS) is 11.4. The zero-order valence-electron chi connectivity index (χ0n) is 10.1. The first-order chi connectivity index (χ1) is 9.38. The van der Waals surface area contributed by atoms with Crippen LogP contribution < -0.4 is 0 Å². The molecule has 0 unspecified atom stereocenters. The molecule has 0 radical (unpaired) electrons. The number of ketones is 1. The van der Waals surface area contributed by atoms with Gasteiger partial charge < -0.3 is 0 Å². The van der Waals surface area contributed by atoms with Crippen molar-refractivity contribution in [2.24, 2.45) is 0 Å². The van der Waals surface area contributed by atoms with Gasteiger partial charge >= 0.3 is 6.18 Å². The van der Waals surface area contributed by atoms with Crippen molar-refractivity contribution in [3.05, 3.63) is 65.2 Å². The Bertz CT molecular complexity index is 623. The lowest BCUT2D eigenvalue weighted by Crippen LogP contribution is -2.11. The lowest BCUT2D eigenvalue weighted by Gasteiger charge is -2.09. The molecular weight excluding hydrogens is 274 g/mol. The summed E-state index contributed by atoms with van der Waals surface area (Å²) in [4.78, 5) is 15.7. The van der Waals surface area contributed by atoms with Gasteiger partial charge in [0.25, 0.3) is 0 Å². The second kappa shape index (κ2) is 5.40. The van der Waals surface area contributed by atoms with Crippen LogP contribution in [0.1, 0.15) is 21.5 Å². The number of pyridine rings is 1. The van der Waals surface area contributed by atoms with E-state index in [1.165, 1.54) is 12.4 Å². The summed E-state index contributed by atoms with van der Waals surface area (Å²) >= 11 is 0. The van der Waals surface area contributed by atoms with Gasteiger partial charge in [-0.1, -0.05) is 6.07 Å². The number of hydrogen-bond acceptors (Lipinski definition) is 2. The summed E-state index contributed by atoms with van der Waals surface area (Å²) in [7, 11) is 0. The summed E-state index contributed by atoms with van der Waals surface area (Å²) in [6.45, 7) is 0. The molecule has 0 spiro atoms. The zero-order chi connectivity index (χ0) is 14.8. The van der Waals surface area contributed by atoms with Crippen LogP contribution in [0.5, 0.6) is 0 Å². The maximum atomic E-state index is 13.5. The number of carbonyl (C=O) groups excluding carboxylic acids is 1. The van der Waals surface area contributed by atoms with E-state index in [-0.39, 0.29) is 6.42 Å². The van der Waals surface area contributed by atoms with Gasteiger partial charge in [-0.05, 0) is 29.8 Å². The highest BCUT2D eigenvalue weighted by Gasteiger charge is 2.31. The summed E-state index contributed by atoms with van der Waals surface area (Å²) in [5.41, 5.74) is -1.11. The minimum Gasteiger partial charge on any atom is -0.294 e. The first-order valence-corrected chi connectivity index (χ1v) is 5.67. The third-order valence-electron chi connectivity index (χ3n) is 2.68. The molecule has 0 fully saturated rings. The molecule has 0 saturated heterocycles. The van der Waals surface area contributed by atoms with Crippen LogP contribution in [0.4, 0.5) is 17.6 Å². The number of benzene rings is 1. The average molecular weight is 283 g/mol. The van der Waals surface area contributed by atoms with Crippen LogP contribution in [0.25, 0.3) is 0 Å². The van der Waals surface area contributed by atoms with Gasteiger partial charge in [-0.15, -0.1) is 0 Å².